The first kappa shape index (κ1) is 16.7. The smallest absolute Gasteiger partial charge is 0.161 e. The third kappa shape index (κ3) is 4.24. The van der Waals surface area contributed by atoms with Gasteiger partial charge in [0.25, 0.3) is 0 Å². The molecule has 0 atom stereocenters. The number of nitrogens with zero attached hydrogens (tertiary/aromatic N) is 3. The van der Waals surface area contributed by atoms with Crippen LogP contribution in [0.15, 0.2) is 42.7 Å². The summed E-state index contributed by atoms with van der Waals surface area (Å²) in [4.78, 5) is 9.07. The molecule has 0 bridgehead atoms. The number of ether oxygens (including phenoxy) is 2. The van der Waals surface area contributed by atoms with Gasteiger partial charge in [0.05, 0.1) is 14.2 Å². The normalized spacial score (nSPS) is 16.1. The van der Waals surface area contributed by atoms with Crippen molar-refractivity contribution < 1.29 is 9.47 Å². The van der Waals surface area contributed by atoms with Gasteiger partial charge >= 0.3 is 0 Å². The van der Waals surface area contributed by atoms with E-state index in [-0.39, 0.29) is 0 Å². The molecule has 1 aliphatic heterocycles. The van der Waals surface area contributed by atoms with Gasteiger partial charge in [-0.1, -0.05) is 6.07 Å². The van der Waals surface area contributed by atoms with Crippen molar-refractivity contribution in [2.45, 2.75) is 13.1 Å². The molecular formula is C19H25N3O2. The Morgan fingerprint density at radius 3 is 1.96 bits per heavy atom. The van der Waals surface area contributed by atoms with Gasteiger partial charge in [-0.05, 0) is 35.4 Å². The molecule has 1 fully saturated rings. The van der Waals surface area contributed by atoms with E-state index in [0.717, 1.165) is 50.8 Å². The zero-order chi connectivity index (χ0) is 16.8. The topological polar surface area (TPSA) is 37.8 Å². The van der Waals surface area contributed by atoms with E-state index in [1.54, 1.807) is 14.2 Å². The molecule has 24 heavy (non-hydrogen) atoms. The Morgan fingerprint density at radius 2 is 1.38 bits per heavy atom. The second-order valence-electron chi connectivity index (χ2n) is 6.10. The van der Waals surface area contributed by atoms with E-state index in [4.69, 9.17) is 9.47 Å². The fraction of sp³-hybridized carbons (Fsp3) is 0.421. The predicted octanol–water partition coefficient (Wildman–Crippen LogP) is 2.42. The third-order valence-electron chi connectivity index (χ3n) is 4.47. The van der Waals surface area contributed by atoms with Crippen LogP contribution in [0.25, 0.3) is 0 Å². The quantitative estimate of drug-likeness (QED) is 0.814. The molecule has 0 amide bonds. The molecule has 1 aromatic carbocycles. The predicted molar refractivity (Wildman–Crippen MR) is 94.3 cm³/mol. The van der Waals surface area contributed by atoms with Crippen molar-refractivity contribution in [3.63, 3.8) is 0 Å². The van der Waals surface area contributed by atoms with Crippen molar-refractivity contribution in [3.05, 3.63) is 53.9 Å². The Balaban J connectivity index is 1.52. The van der Waals surface area contributed by atoms with Crippen LogP contribution in [-0.4, -0.2) is 55.2 Å². The molecule has 0 unspecified atom stereocenters. The Bertz CT molecular complexity index is 640. The molecule has 0 N–H and O–H groups in total. The van der Waals surface area contributed by atoms with Gasteiger partial charge in [0, 0.05) is 51.7 Å². The summed E-state index contributed by atoms with van der Waals surface area (Å²) in [6.45, 7) is 6.31. The van der Waals surface area contributed by atoms with Crippen molar-refractivity contribution >= 4 is 0 Å². The second kappa shape index (κ2) is 8.13. The summed E-state index contributed by atoms with van der Waals surface area (Å²) in [7, 11) is 3.35. The van der Waals surface area contributed by atoms with Crippen LogP contribution in [0.3, 0.4) is 0 Å². The zero-order valence-electron chi connectivity index (χ0n) is 14.4. The number of hydrogen-bond acceptors (Lipinski definition) is 5. The Labute approximate surface area is 143 Å². The summed E-state index contributed by atoms with van der Waals surface area (Å²) >= 11 is 0. The van der Waals surface area contributed by atoms with Gasteiger partial charge in [-0.25, -0.2) is 0 Å². The van der Waals surface area contributed by atoms with E-state index in [1.807, 2.05) is 18.5 Å². The van der Waals surface area contributed by atoms with Gasteiger partial charge in [-0.2, -0.15) is 0 Å². The van der Waals surface area contributed by atoms with Gasteiger partial charge in [0.2, 0.25) is 0 Å². The van der Waals surface area contributed by atoms with Gasteiger partial charge in [-0.3, -0.25) is 14.8 Å². The van der Waals surface area contributed by atoms with Crippen molar-refractivity contribution in [2.75, 3.05) is 40.4 Å². The number of methoxy groups -OCH3 is 2. The maximum absolute atomic E-state index is 5.39. The first-order valence-corrected chi connectivity index (χ1v) is 8.33. The largest absolute Gasteiger partial charge is 0.493 e. The monoisotopic (exact) mass is 327 g/mol. The lowest BCUT2D eigenvalue weighted by molar-refractivity contribution is 0.122. The van der Waals surface area contributed by atoms with Crippen LogP contribution >= 0.6 is 0 Å². The van der Waals surface area contributed by atoms with E-state index in [0.29, 0.717) is 0 Å². The average Bonchev–Trinajstić information content (AvgIpc) is 2.64. The number of benzene rings is 1. The molecule has 3 rings (SSSR count). The molecule has 1 saturated heterocycles. The van der Waals surface area contributed by atoms with Crippen LogP contribution in [0, 0.1) is 0 Å². The molecule has 128 valence electrons. The molecule has 0 spiro atoms. The summed E-state index contributed by atoms with van der Waals surface area (Å²) < 4.78 is 10.7. The van der Waals surface area contributed by atoms with Crippen LogP contribution in [-0.2, 0) is 13.1 Å². The van der Waals surface area contributed by atoms with Crippen molar-refractivity contribution in [2.24, 2.45) is 0 Å². The Hall–Kier alpha value is -2.11. The highest BCUT2D eigenvalue weighted by Crippen LogP contribution is 2.28. The molecule has 0 radical (unpaired) electrons. The lowest BCUT2D eigenvalue weighted by Crippen LogP contribution is -2.45. The Morgan fingerprint density at radius 1 is 0.792 bits per heavy atom. The fourth-order valence-electron chi connectivity index (χ4n) is 3.09. The number of piperazine rings is 1. The molecule has 5 nitrogen and oxygen atoms in total. The van der Waals surface area contributed by atoms with Crippen molar-refractivity contribution in [3.8, 4) is 11.5 Å². The summed E-state index contributed by atoms with van der Waals surface area (Å²) in [6.07, 6.45) is 3.73. The number of rotatable bonds is 6. The van der Waals surface area contributed by atoms with Crippen LogP contribution in [0.5, 0.6) is 11.5 Å². The van der Waals surface area contributed by atoms with E-state index in [2.05, 4.69) is 39.0 Å². The molecule has 2 aromatic rings. The molecular weight excluding hydrogens is 302 g/mol. The van der Waals surface area contributed by atoms with Gasteiger partial charge in [0.15, 0.2) is 11.5 Å². The van der Waals surface area contributed by atoms with Gasteiger partial charge in [0.1, 0.15) is 0 Å². The summed E-state index contributed by atoms with van der Waals surface area (Å²) in [5.74, 6) is 1.58. The van der Waals surface area contributed by atoms with E-state index < -0.39 is 0 Å². The molecule has 2 heterocycles. The minimum absolute atomic E-state index is 0.781. The summed E-state index contributed by atoms with van der Waals surface area (Å²) in [5.41, 5.74) is 2.59. The van der Waals surface area contributed by atoms with Crippen LogP contribution in [0.4, 0.5) is 0 Å². The summed E-state index contributed by atoms with van der Waals surface area (Å²) in [6, 6.07) is 10.4. The lowest BCUT2D eigenvalue weighted by atomic mass is 10.1. The molecule has 1 aliphatic rings. The highest BCUT2D eigenvalue weighted by atomic mass is 16.5. The van der Waals surface area contributed by atoms with E-state index >= 15 is 0 Å². The van der Waals surface area contributed by atoms with Crippen LogP contribution in [0.2, 0.25) is 0 Å². The van der Waals surface area contributed by atoms with Crippen LogP contribution < -0.4 is 9.47 Å². The maximum atomic E-state index is 5.39. The van der Waals surface area contributed by atoms with E-state index in [1.165, 1.54) is 11.1 Å². The van der Waals surface area contributed by atoms with Gasteiger partial charge in [-0.15, -0.1) is 0 Å². The van der Waals surface area contributed by atoms with Gasteiger partial charge < -0.3 is 9.47 Å². The minimum atomic E-state index is 0.781. The number of pyridine rings is 1. The zero-order valence-corrected chi connectivity index (χ0v) is 14.4. The molecule has 5 heteroatoms. The fourth-order valence-corrected chi connectivity index (χ4v) is 3.09. The van der Waals surface area contributed by atoms with Crippen LogP contribution in [0.1, 0.15) is 11.1 Å². The third-order valence-corrected chi connectivity index (χ3v) is 4.47. The highest BCUT2D eigenvalue weighted by Gasteiger charge is 2.17. The average molecular weight is 327 g/mol. The standard InChI is InChI=1S/C19H25N3O2/c1-23-18-4-3-17(13-19(18)24-2)15-22-11-9-21(10-12-22)14-16-5-7-20-8-6-16/h3-8,13H,9-12,14-15H2,1-2H3. The lowest BCUT2D eigenvalue weighted by Gasteiger charge is -2.34. The molecule has 0 aliphatic carbocycles. The molecule has 0 saturated carbocycles. The first-order valence-electron chi connectivity index (χ1n) is 8.33. The first-order chi connectivity index (χ1) is 11.8. The second-order valence-corrected chi connectivity index (χ2v) is 6.10. The molecule has 1 aromatic heterocycles. The van der Waals surface area contributed by atoms with Crippen molar-refractivity contribution in [1.82, 2.24) is 14.8 Å². The number of hydrogen-bond donors (Lipinski definition) is 0. The number of aromatic nitrogens is 1. The maximum Gasteiger partial charge on any atom is 0.161 e. The Kier molecular flexibility index (Phi) is 5.67. The highest BCUT2D eigenvalue weighted by molar-refractivity contribution is 5.42. The summed E-state index contributed by atoms with van der Waals surface area (Å²) in [5, 5.41) is 0. The minimum Gasteiger partial charge on any atom is -0.493 e. The SMILES string of the molecule is COc1ccc(CN2CCN(Cc3ccncc3)CC2)cc1OC. The van der Waals surface area contributed by atoms with Crippen molar-refractivity contribution in [1.29, 1.82) is 0 Å². The van der Waals surface area contributed by atoms with E-state index in [9.17, 15) is 0 Å².